The average molecular weight is 525 g/mol. The zero-order chi connectivity index (χ0) is 25.9. The van der Waals surface area contributed by atoms with Crippen molar-refractivity contribution >= 4 is 33.3 Å². The van der Waals surface area contributed by atoms with Crippen LogP contribution in [-0.4, -0.2) is 75.4 Å². The first-order chi connectivity index (χ1) is 17.7. The smallest absolute Gasteiger partial charge is 0.414 e. The number of rotatable bonds is 6. The van der Waals surface area contributed by atoms with Gasteiger partial charge in [0.25, 0.3) is 5.91 Å². The number of sulfone groups is 1. The fourth-order valence-electron chi connectivity index (χ4n) is 5.36. The predicted molar refractivity (Wildman–Crippen MR) is 139 cm³/mol. The van der Waals surface area contributed by atoms with Crippen LogP contribution in [0.4, 0.5) is 16.3 Å². The van der Waals surface area contributed by atoms with E-state index in [0.717, 1.165) is 12.1 Å². The monoisotopic (exact) mass is 524 g/mol. The number of carbonyl (C=O) groups excluding carboxylic acids is 2. The Balaban J connectivity index is 1.20. The Morgan fingerprint density at radius 1 is 1.03 bits per heavy atom. The Morgan fingerprint density at radius 2 is 1.73 bits per heavy atom. The van der Waals surface area contributed by atoms with Gasteiger partial charge in [0.05, 0.1) is 17.0 Å². The molecule has 1 atom stereocenters. The van der Waals surface area contributed by atoms with Gasteiger partial charge in [-0.05, 0) is 73.8 Å². The molecule has 4 aliphatic rings. The molecule has 1 aromatic carbocycles. The number of aromatic nitrogens is 1. The number of carbonyl (C=O) groups is 2. The average Bonchev–Trinajstić information content (AvgIpc) is 3.80. The predicted octanol–water partition coefficient (Wildman–Crippen LogP) is 3.55. The molecule has 2 aliphatic carbocycles. The van der Waals surface area contributed by atoms with Crippen LogP contribution < -0.4 is 9.80 Å². The van der Waals surface area contributed by atoms with Crippen LogP contribution >= 0.6 is 0 Å². The molecule has 10 heteroatoms. The second-order valence-corrected chi connectivity index (χ2v) is 12.8. The third-order valence-corrected chi connectivity index (χ3v) is 8.85. The largest absolute Gasteiger partial charge is 0.444 e. The summed E-state index contributed by atoms with van der Waals surface area (Å²) in [6, 6.07) is 6.89. The van der Waals surface area contributed by atoms with Crippen LogP contribution in [0.2, 0.25) is 0 Å². The molecule has 9 nitrogen and oxygen atoms in total. The molecular formula is C27H32N4O5S. The molecule has 37 heavy (non-hydrogen) atoms. The number of benzene rings is 1. The van der Waals surface area contributed by atoms with Gasteiger partial charge in [0.15, 0.2) is 9.84 Å². The molecule has 2 saturated carbocycles. The van der Waals surface area contributed by atoms with E-state index in [1.165, 1.54) is 53.8 Å². The van der Waals surface area contributed by atoms with Crippen LogP contribution in [0, 0.1) is 0 Å². The lowest BCUT2D eigenvalue weighted by atomic mass is 10.1. The second kappa shape index (κ2) is 9.01. The summed E-state index contributed by atoms with van der Waals surface area (Å²) in [5, 5.41) is 0. The highest BCUT2D eigenvalue weighted by Crippen LogP contribution is 2.47. The lowest BCUT2D eigenvalue weighted by Crippen LogP contribution is -2.49. The Kier molecular flexibility index (Phi) is 5.89. The van der Waals surface area contributed by atoms with Crippen molar-refractivity contribution in [3.8, 4) is 0 Å². The number of cyclic esters (lactones) is 1. The lowest BCUT2D eigenvalue weighted by Gasteiger charge is -2.36. The van der Waals surface area contributed by atoms with Crippen molar-refractivity contribution in [1.29, 1.82) is 0 Å². The molecule has 0 bridgehead atoms. The van der Waals surface area contributed by atoms with Crippen LogP contribution in [0.3, 0.4) is 0 Å². The van der Waals surface area contributed by atoms with Crippen LogP contribution in [0.25, 0.3) is 0 Å². The van der Waals surface area contributed by atoms with Gasteiger partial charge in [-0.25, -0.2) is 18.2 Å². The summed E-state index contributed by atoms with van der Waals surface area (Å²) in [6.45, 7) is 4.36. The van der Waals surface area contributed by atoms with Crippen LogP contribution in [0.1, 0.15) is 65.9 Å². The number of anilines is 2. The number of hydrogen-bond acceptors (Lipinski definition) is 7. The normalized spacial score (nSPS) is 22.4. The highest BCUT2D eigenvalue weighted by Gasteiger charge is 2.35. The molecule has 1 aromatic heterocycles. The van der Waals surface area contributed by atoms with Crippen molar-refractivity contribution in [3.63, 3.8) is 0 Å². The fraction of sp³-hybridized carbons (Fsp3) is 0.519. The Hall–Kier alpha value is -3.14. The summed E-state index contributed by atoms with van der Waals surface area (Å²) >= 11 is 0. The Morgan fingerprint density at radius 3 is 2.32 bits per heavy atom. The molecule has 0 spiro atoms. The molecule has 196 valence electrons. The van der Waals surface area contributed by atoms with Crippen molar-refractivity contribution in [1.82, 2.24) is 9.88 Å². The van der Waals surface area contributed by atoms with Crippen molar-refractivity contribution in [2.24, 2.45) is 0 Å². The van der Waals surface area contributed by atoms with Crippen LogP contribution in [-0.2, 0) is 14.6 Å². The van der Waals surface area contributed by atoms with E-state index in [2.05, 4.69) is 11.0 Å². The van der Waals surface area contributed by atoms with E-state index in [-0.39, 0.29) is 22.5 Å². The topological polar surface area (TPSA) is 100 Å². The highest BCUT2D eigenvalue weighted by molar-refractivity contribution is 7.90. The molecule has 6 rings (SSSR count). The van der Waals surface area contributed by atoms with Gasteiger partial charge in [0.2, 0.25) is 0 Å². The van der Waals surface area contributed by atoms with Gasteiger partial charge in [0.1, 0.15) is 11.9 Å². The van der Waals surface area contributed by atoms with E-state index >= 15 is 0 Å². The summed E-state index contributed by atoms with van der Waals surface area (Å²) < 4.78 is 30.5. The van der Waals surface area contributed by atoms with E-state index < -0.39 is 15.9 Å². The maximum Gasteiger partial charge on any atom is 0.414 e. The quantitative estimate of drug-likeness (QED) is 0.570. The third-order valence-electron chi connectivity index (χ3n) is 7.72. The molecule has 2 aliphatic heterocycles. The third kappa shape index (κ3) is 4.79. The number of ether oxygens (including phenoxy) is 1. The molecule has 0 radical (unpaired) electrons. The summed E-state index contributed by atoms with van der Waals surface area (Å²) in [5.74, 6) is 1.98. The number of piperazine rings is 1. The maximum absolute atomic E-state index is 13.5. The van der Waals surface area contributed by atoms with Gasteiger partial charge < -0.3 is 14.5 Å². The summed E-state index contributed by atoms with van der Waals surface area (Å²) in [6.07, 6.45) is 7.22. The molecule has 4 fully saturated rings. The van der Waals surface area contributed by atoms with Gasteiger partial charge in [0, 0.05) is 44.3 Å². The number of amides is 2. The van der Waals surface area contributed by atoms with E-state index in [0.29, 0.717) is 50.2 Å². The molecule has 2 amide bonds. The van der Waals surface area contributed by atoms with E-state index in [1.54, 1.807) is 17.9 Å². The standard InChI is InChI=1S/C27H32N4O5S/c1-17-16-31(27(33)36-17)21-7-8-22(24(14-21)37(2,34)35)26(32)30-11-9-29(10-12-30)25-23(19-5-6-19)13-20(15-28-25)18-3-4-18/h7-8,13-15,17-19H,3-6,9-12,16H2,1-2H3/t17-/m0/s1. The molecule has 2 aromatic rings. The molecular weight excluding hydrogens is 492 g/mol. The van der Waals surface area contributed by atoms with E-state index in [9.17, 15) is 18.0 Å². The molecule has 0 unspecified atom stereocenters. The van der Waals surface area contributed by atoms with E-state index in [1.807, 2.05) is 6.20 Å². The Labute approximate surface area is 217 Å². The first-order valence-electron chi connectivity index (χ1n) is 13.1. The molecule has 2 saturated heterocycles. The van der Waals surface area contributed by atoms with E-state index in [4.69, 9.17) is 9.72 Å². The minimum absolute atomic E-state index is 0.0712. The van der Waals surface area contributed by atoms with Gasteiger partial charge in [-0.1, -0.05) is 6.07 Å². The maximum atomic E-state index is 13.5. The summed E-state index contributed by atoms with van der Waals surface area (Å²) in [7, 11) is -3.71. The van der Waals surface area contributed by atoms with Gasteiger partial charge in [-0.15, -0.1) is 0 Å². The van der Waals surface area contributed by atoms with Crippen LogP contribution in [0.15, 0.2) is 35.4 Å². The summed E-state index contributed by atoms with van der Waals surface area (Å²) in [5.41, 5.74) is 3.23. The van der Waals surface area contributed by atoms with Crippen molar-refractivity contribution < 1.29 is 22.7 Å². The number of nitrogens with zero attached hydrogens (tertiary/aromatic N) is 4. The summed E-state index contributed by atoms with van der Waals surface area (Å²) in [4.78, 5) is 35.8. The minimum atomic E-state index is -3.71. The zero-order valence-electron chi connectivity index (χ0n) is 21.2. The Bertz CT molecular complexity index is 1360. The van der Waals surface area contributed by atoms with Crippen molar-refractivity contribution in [2.45, 2.75) is 55.4 Å². The van der Waals surface area contributed by atoms with Crippen molar-refractivity contribution in [3.05, 3.63) is 47.2 Å². The number of pyridine rings is 1. The van der Waals surface area contributed by atoms with Gasteiger partial charge >= 0.3 is 6.09 Å². The minimum Gasteiger partial charge on any atom is -0.444 e. The second-order valence-electron chi connectivity index (χ2n) is 10.8. The number of hydrogen-bond donors (Lipinski definition) is 0. The first-order valence-corrected chi connectivity index (χ1v) is 14.9. The van der Waals surface area contributed by atoms with Crippen molar-refractivity contribution in [2.75, 3.05) is 48.8 Å². The van der Waals surface area contributed by atoms with Gasteiger partial charge in [-0.2, -0.15) is 0 Å². The van der Waals surface area contributed by atoms with Gasteiger partial charge in [-0.3, -0.25) is 9.69 Å². The van der Waals surface area contributed by atoms with Crippen LogP contribution in [0.5, 0.6) is 0 Å². The SMILES string of the molecule is C[C@H]1CN(c2ccc(C(=O)N3CCN(c4ncc(C5CC5)cc4C4CC4)CC3)c(S(C)(=O)=O)c2)C(=O)O1. The zero-order valence-corrected chi connectivity index (χ0v) is 22.0. The molecule has 3 heterocycles. The molecule has 0 N–H and O–H groups in total. The first kappa shape index (κ1) is 24.2. The highest BCUT2D eigenvalue weighted by atomic mass is 32.2. The lowest BCUT2D eigenvalue weighted by molar-refractivity contribution is 0.0742. The fourth-order valence-corrected chi connectivity index (χ4v) is 6.25.